The largest absolute Gasteiger partial charge is 0.205 e. The Hall–Kier alpha value is -0.0900. The monoisotopic (exact) mass is 352 g/mol. The van der Waals surface area contributed by atoms with Crippen LogP contribution in [0.4, 0.5) is 4.39 Å². The van der Waals surface area contributed by atoms with Crippen LogP contribution in [0.3, 0.4) is 0 Å². The van der Waals surface area contributed by atoms with Crippen molar-refractivity contribution in [2.24, 2.45) is 0 Å². The fourth-order valence-electron chi connectivity index (χ4n) is 1.59. The zero-order valence-electron chi connectivity index (χ0n) is 8.81. The van der Waals surface area contributed by atoms with E-state index in [4.69, 9.17) is 23.2 Å². The van der Waals surface area contributed by atoms with Crippen molar-refractivity contribution in [2.45, 2.75) is 12.3 Å². The van der Waals surface area contributed by atoms with E-state index in [0.717, 1.165) is 14.2 Å². The Morgan fingerprint density at radius 2 is 2.06 bits per heavy atom. The summed E-state index contributed by atoms with van der Waals surface area (Å²) in [6, 6.07) is 6.79. The molecule has 0 N–H and O–H groups in total. The molecule has 0 aliphatic carbocycles. The smallest absolute Gasteiger partial charge is 0.146 e. The molecule has 0 radical (unpaired) electrons. The van der Waals surface area contributed by atoms with Crippen LogP contribution in [0.5, 0.6) is 0 Å². The van der Waals surface area contributed by atoms with Gasteiger partial charge in [-0.15, -0.1) is 22.9 Å². The molecule has 90 valence electrons. The van der Waals surface area contributed by atoms with Gasteiger partial charge in [-0.2, -0.15) is 0 Å². The molecule has 0 amide bonds. The van der Waals surface area contributed by atoms with Crippen molar-refractivity contribution in [2.75, 3.05) is 0 Å². The second kappa shape index (κ2) is 5.27. The van der Waals surface area contributed by atoms with Gasteiger partial charge in [0, 0.05) is 10.4 Å². The van der Waals surface area contributed by atoms with Crippen LogP contribution in [-0.2, 0) is 0 Å². The highest BCUT2D eigenvalue weighted by molar-refractivity contribution is 9.11. The lowest BCUT2D eigenvalue weighted by atomic mass is 10.0. The molecule has 17 heavy (non-hydrogen) atoms. The van der Waals surface area contributed by atoms with Crippen molar-refractivity contribution in [3.8, 4) is 0 Å². The van der Waals surface area contributed by atoms with Crippen LogP contribution < -0.4 is 0 Å². The first-order valence-corrected chi connectivity index (χ1v) is 7.27. The molecule has 2 aromatic rings. The van der Waals surface area contributed by atoms with E-state index in [1.165, 1.54) is 6.07 Å². The quantitative estimate of drug-likeness (QED) is 0.586. The van der Waals surface area contributed by atoms with Crippen molar-refractivity contribution >= 4 is 50.5 Å². The predicted octanol–water partition coefficient (Wildman–Crippen LogP) is 5.94. The van der Waals surface area contributed by atoms with Crippen molar-refractivity contribution in [3.05, 3.63) is 54.9 Å². The maximum Gasteiger partial charge on any atom is 0.146 e. The third-order valence-electron chi connectivity index (χ3n) is 2.45. The van der Waals surface area contributed by atoms with E-state index >= 15 is 0 Å². The second-order valence-electron chi connectivity index (χ2n) is 3.57. The minimum absolute atomic E-state index is 0.0973. The molecule has 0 fully saturated rings. The van der Waals surface area contributed by atoms with E-state index in [2.05, 4.69) is 15.9 Å². The molecule has 1 aromatic carbocycles. The Bertz CT molecular complexity index is 553. The van der Waals surface area contributed by atoms with Crippen LogP contribution in [0.2, 0.25) is 5.02 Å². The zero-order chi connectivity index (χ0) is 12.6. The van der Waals surface area contributed by atoms with Crippen LogP contribution in [0.25, 0.3) is 0 Å². The van der Waals surface area contributed by atoms with Crippen LogP contribution >= 0.6 is 50.5 Å². The van der Waals surface area contributed by atoms with Gasteiger partial charge in [0.25, 0.3) is 0 Å². The molecule has 0 spiro atoms. The summed E-state index contributed by atoms with van der Waals surface area (Å²) in [5, 5.41) is -0.420. The van der Waals surface area contributed by atoms with Crippen LogP contribution in [0.15, 0.2) is 28.1 Å². The van der Waals surface area contributed by atoms with Crippen molar-refractivity contribution in [3.63, 3.8) is 0 Å². The number of hydrogen-bond acceptors (Lipinski definition) is 1. The Balaban J connectivity index is 2.47. The molecule has 1 atom stereocenters. The summed E-state index contributed by atoms with van der Waals surface area (Å²) >= 11 is 17.0. The van der Waals surface area contributed by atoms with E-state index in [-0.39, 0.29) is 5.02 Å². The van der Waals surface area contributed by atoms with Gasteiger partial charge in [-0.25, -0.2) is 4.39 Å². The van der Waals surface area contributed by atoms with Gasteiger partial charge in [0.2, 0.25) is 0 Å². The molecule has 5 heteroatoms. The minimum atomic E-state index is -0.517. The first-order valence-electron chi connectivity index (χ1n) is 4.84. The number of alkyl halides is 1. The molecular weight excluding hydrogens is 346 g/mol. The highest BCUT2D eigenvalue weighted by Gasteiger charge is 2.20. The summed E-state index contributed by atoms with van der Waals surface area (Å²) < 4.78 is 14.8. The molecule has 0 aliphatic heterocycles. The zero-order valence-corrected chi connectivity index (χ0v) is 12.7. The van der Waals surface area contributed by atoms with E-state index < -0.39 is 11.2 Å². The van der Waals surface area contributed by atoms with Gasteiger partial charge in [0.1, 0.15) is 5.82 Å². The SMILES string of the molecule is Cc1sc(Br)cc1C(Cl)c1cccc(Cl)c1F. The first-order chi connectivity index (χ1) is 8.00. The lowest BCUT2D eigenvalue weighted by Gasteiger charge is -2.11. The Kier molecular flexibility index (Phi) is 4.14. The van der Waals surface area contributed by atoms with Crippen LogP contribution in [0, 0.1) is 12.7 Å². The maximum atomic E-state index is 13.9. The van der Waals surface area contributed by atoms with Crippen LogP contribution in [0.1, 0.15) is 21.4 Å². The van der Waals surface area contributed by atoms with E-state index in [1.54, 1.807) is 23.5 Å². The highest BCUT2D eigenvalue weighted by Crippen LogP contribution is 2.39. The minimum Gasteiger partial charge on any atom is -0.205 e. The van der Waals surface area contributed by atoms with Gasteiger partial charge >= 0.3 is 0 Å². The molecule has 0 saturated heterocycles. The van der Waals surface area contributed by atoms with Gasteiger partial charge < -0.3 is 0 Å². The van der Waals surface area contributed by atoms with Gasteiger partial charge in [-0.3, -0.25) is 0 Å². The summed E-state index contributed by atoms with van der Waals surface area (Å²) in [4.78, 5) is 1.07. The van der Waals surface area contributed by atoms with Crippen LogP contribution in [-0.4, -0.2) is 0 Å². The summed E-state index contributed by atoms with van der Waals surface area (Å²) in [7, 11) is 0. The van der Waals surface area contributed by atoms with Crippen molar-refractivity contribution < 1.29 is 4.39 Å². The van der Waals surface area contributed by atoms with Gasteiger partial charge in [0.05, 0.1) is 14.2 Å². The first kappa shape index (κ1) is 13.3. The second-order valence-corrected chi connectivity index (χ2v) is 7.05. The summed E-state index contributed by atoms with van der Waals surface area (Å²) in [5.41, 5.74) is 1.32. The molecule has 1 aromatic heterocycles. The van der Waals surface area contributed by atoms with E-state index in [1.807, 2.05) is 13.0 Å². The van der Waals surface area contributed by atoms with Crippen molar-refractivity contribution in [1.29, 1.82) is 0 Å². The molecule has 1 heterocycles. The Labute approximate surface area is 121 Å². The molecule has 0 bridgehead atoms. The molecule has 0 saturated carbocycles. The third kappa shape index (κ3) is 2.68. The third-order valence-corrected chi connectivity index (χ3v) is 4.79. The molecule has 1 unspecified atom stereocenters. The van der Waals surface area contributed by atoms with Crippen molar-refractivity contribution in [1.82, 2.24) is 0 Å². The summed E-state index contributed by atoms with van der Waals surface area (Å²) in [6.07, 6.45) is 0. The Morgan fingerprint density at radius 3 is 2.65 bits per heavy atom. The average molecular weight is 354 g/mol. The van der Waals surface area contributed by atoms with E-state index in [0.29, 0.717) is 5.56 Å². The Morgan fingerprint density at radius 1 is 1.35 bits per heavy atom. The predicted molar refractivity (Wildman–Crippen MR) is 75.9 cm³/mol. The lowest BCUT2D eigenvalue weighted by molar-refractivity contribution is 0.613. The molecular formula is C12H8BrCl2FS. The summed E-state index contributed by atoms with van der Waals surface area (Å²) in [5.74, 6) is -0.448. The van der Waals surface area contributed by atoms with Gasteiger partial charge in [0.15, 0.2) is 0 Å². The van der Waals surface area contributed by atoms with Gasteiger partial charge in [-0.05, 0) is 40.5 Å². The summed E-state index contributed by atoms with van der Waals surface area (Å²) in [6.45, 7) is 1.96. The number of aryl methyl sites for hydroxylation is 1. The fraction of sp³-hybridized carbons (Fsp3) is 0.167. The topological polar surface area (TPSA) is 0 Å². The number of halogens is 4. The number of benzene rings is 1. The lowest BCUT2D eigenvalue weighted by Crippen LogP contribution is -1.97. The highest BCUT2D eigenvalue weighted by atomic mass is 79.9. The normalized spacial score (nSPS) is 12.8. The van der Waals surface area contributed by atoms with E-state index in [9.17, 15) is 4.39 Å². The van der Waals surface area contributed by atoms with Gasteiger partial charge in [-0.1, -0.05) is 23.7 Å². The molecule has 0 nitrogen and oxygen atoms in total. The number of hydrogen-bond donors (Lipinski definition) is 0. The molecule has 0 aliphatic rings. The number of rotatable bonds is 2. The average Bonchev–Trinajstić information content (AvgIpc) is 2.61. The maximum absolute atomic E-state index is 13.9. The molecule has 2 rings (SSSR count). The fourth-order valence-corrected chi connectivity index (χ4v) is 3.98. The number of thiophene rings is 1. The standard InChI is InChI=1S/C12H8BrCl2FS/c1-6-8(5-10(13)17-6)11(15)7-3-2-4-9(14)12(7)16/h2-5,11H,1H3.